The molecule has 1 aromatic carbocycles. The van der Waals surface area contributed by atoms with Crippen molar-refractivity contribution < 1.29 is 4.79 Å². The van der Waals surface area contributed by atoms with Gasteiger partial charge in [-0.2, -0.15) is 0 Å². The van der Waals surface area contributed by atoms with E-state index in [-0.39, 0.29) is 5.91 Å². The molecule has 0 aliphatic carbocycles. The van der Waals surface area contributed by atoms with Crippen LogP contribution < -0.4 is 5.32 Å². The summed E-state index contributed by atoms with van der Waals surface area (Å²) >= 11 is 0. The number of likely N-dealkylation sites (tertiary alicyclic amines) is 1. The molecule has 3 heterocycles. The summed E-state index contributed by atoms with van der Waals surface area (Å²) in [4.78, 5) is 18.8. The molecule has 128 valence electrons. The van der Waals surface area contributed by atoms with Gasteiger partial charge in [0.1, 0.15) is 5.82 Å². The highest BCUT2D eigenvalue weighted by Gasteiger charge is 2.40. The molecule has 0 saturated carbocycles. The second-order valence-corrected chi connectivity index (χ2v) is 7.68. The van der Waals surface area contributed by atoms with E-state index >= 15 is 0 Å². The highest BCUT2D eigenvalue weighted by atomic mass is 16.2. The zero-order valence-electron chi connectivity index (χ0n) is 14.5. The molecule has 1 amide bonds. The first-order chi connectivity index (χ1) is 11.6. The van der Waals surface area contributed by atoms with Crippen LogP contribution >= 0.6 is 0 Å². The minimum absolute atomic E-state index is 0.217. The molecule has 2 aliphatic rings. The summed E-state index contributed by atoms with van der Waals surface area (Å²) in [6, 6.07) is 8.76. The minimum Gasteiger partial charge on any atom is -0.352 e. The Morgan fingerprint density at radius 3 is 2.92 bits per heavy atom. The van der Waals surface area contributed by atoms with Crippen LogP contribution in [0.25, 0.3) is 11.0 Å². The Labute approximate surface area is 143 Å². The van der Waals surface area contributed by atoms with Gasteiger partial charge >= 0.3 is 0 Å². The molecule has 1 aromatic heterocycles. The lowest BCUT2D eigenvalue weighted by molar-refractivity contribution is -0.119. The van der Waals surface area contributed by atoms with Gasteiger partial charge in [-0.3, -0.25) is 9.69 Å². The zero-order valence-corrected chi connectivity index (χ0v) is 14.5. The molecular formula is C19H26N4O. The molecule has 2 aliphatic heterocycles. The predicted octanol–water partition coefficient (Wildman–Crippen LogP) is 2.40. The number of fused-ring (bicyclic) bond motifs is 2. The number of aryl methyl sites for hydroxylation is 1. The Morgan fingerprint density at radius 2 is 2.12 bits per heavy atom. The topological polar surface area (TPSA) is 50.2 Å². The smallest absolute Gasteiger partial charge is 0.220 e. The number of para-hydroxylation sites is 2. The number of imidazole rings is 1. The molecule has 4 rings (SSSR count). The van der Waals surface area contributed by atoms with E-state index in [4.69, 9.17) is 4.98 Å². The fourth-order valence-electron chi connectivity index (χ4n) is 4.05. The predicted molar refractivity (Wildman–Crippen MR) is 94.5 cm³/mol. The Morgan fingerprint density at radius 1 is 1.29 bits per heavy atom. The first-order valence-corrected chi connectivity index (χ1v) is 9.06. The van der Waals surface area contributed by atoms with Gasteiger partial charge in [0, 0.05) is 38.0 Å². The normalized spacial score (nSPS) is 24.0. The number of aromatic nitrogens is 2. The van der Waals surface area contributed by atoms with Crippen molar-refractivity contribution in [2.24, 2.45) is 11.8 Å². The van der Waals surface area contributed by atoms with Crippen LogP contribution in [0.3, 0.4) is 0 Å². The van der Waals surface area contributed by atoms with Crippen LogP contribution in [0.15, 0.2) is 24.3 Å². The molecule has 2 atom stereocenters. The molecule has 0 bridgehead atoms. The van der Waals surface area contributed by atoms with Gasteiger partial charge < -0.3 is 9.88 Å². The second-order valence-electron chi connectivity index (χ2n) is 7.68. The van der Waals surface area contributed by atoms with E-state index in [0.717, 1.165) is 43.9 Å². The highest BCUT2D eigenvalue weighted by molar-refractivity contribution is 5.79. The molecular weight excluding hydrogens is 300 g/mol. The van der Waals surface area contributed by atoms with Crippen molar-refractivity contribution in [1.82, 2.24) is 19.8 Å². The van der Waals surface area contributed by atoms with Gasteiger partial charge in [-0.05, 0) is 24.5 Å². The lowest BCUT2D eigenvalue weighted by Crippen LogP contribution is -2.32. The molecule has 0 spiro atoms. The maximum atomic E-state index is 11.5. The molecule has 2 aromatic rings. The number of nitrogens with zero attached hydrogens (tertiary/aromatic N) is 3. The van der Waals surface area contributed by atoms with E-state index in [0.29, 0.717) is 24.3 Å². The Bertz CT molecular complexity index is 735. The van der Waals surface area contributed by atoms with Crippen LogP contribution in [0.5, 0.6) is 0 Å². The van der Waals surface area contributed by atoms with Gasteiger partial charge in [0.25, 0.3) is 0 Å². The average molecular weight is 326 g/mol. The van der Waals surface area contributed by atoms with E-state index < -0.39 is 0 Å². The highest BCUT2D eigenvalue weighted by Crippen LogP contribution is 2.27. The number of amides is 1. The molecule has 2 saturated heterocycles. The zero-order chi connectivity index (χ0) is 16.7. The average Bonchev–Trinajstić information content (AvgIpc) is 3.15. The summed E-state index contributed by atoms with van der Waals surface area (Å²) < 4.78 is 2.39. The van der Waals surface area contributed by atoms with Crippen LogP contribution in [-0.4, -0.2) is 39.5 Å². The standard InChI is InChI=1S/C19H26N4O/c1-13(2)7-8-23-17-6-4-3-5-15(17)20-18(23)12-22-10-14-9-19(24)21-16(14)11-22/h3-6,13-14,16H,7-12H2,1-2H3,(H,21,24)/t14-,16+/m0/s1. The van der Waals surface area contributed by atoms with Gasteiger partial charge in [-0.1, -0.05) is 26.0 Å². The molecule has 2 fully saturated rings. The van der Waals surface area contributed by atoms with Crippen LogP contribution in [0.1, 0.15) is 32.5 Å². The van der Waals surface area contributed by atoms with Gasteiger partial charge in [-0.25, -0.2) is 4.98 Å². The number of hydrogen-bond donors (Lipinski definition) is 1. The Hall–Kier alpha value is -1.88. The molecule has 1 N–H and O–H groups in total. The lowest BCUT2D eigenvalue weighted by atomic mass is 10.1. The van der Waals surface area contributed by atoms with Gasteiger partial charge in [0.15, 0.2) is 0 Å². The number of nitrogens with one attached hydrogen (secondary N) is 1. The van der Waals surface area contributed by atoms with E-state index in [9.17, 15) is 4.79 Å². The third kappa shape index (κ3) is 2.93. The van der Waals surface area contributed by atoms with Crippen molar-refractivity contribution in [3.63, 3.8) is 0 Å². The van der Waals surface area contributed by atoms with Gasteiger partial charge in [0.05, 0.1) is 17.6 Å². The number of hydrogen-bond acceptors (Lipinski definition) is 3. The van der Waals surface area contributed by atoms with E-state index in [1.165, 1.54) is 5.52 Å². The van der Waals surface area contributed by atoms with Crippen molar-refractivity contribution in [3.05, 3.63) is 30.1 Å². The Kier molecular flexibility index (Phi) is 4.04. The SMILES string of the molecule is CC(C)CCn1c(CN2C[C@@H]3CC(=O)N[C@@H]3C2)nc2ccccc21. The van der Waals surface area contributed by atoms with E-state index in [1.807, 2.05) is 0 Å². The second kappa shape index (κ2) is 6.20. The lowest BCUT2D eigenvalue weighted by Gasteiger charge is -2.18. The largest absolute Gasteiger partial charge is 0.352 e. The Balaban J connectivity index is 1.55. The van der Waals surface area contributed by atoms with Crippen LogP contribution in [-0.2, 0) is 17.9 Å². The molecule has 5 nitrogen and oxygen atoms in total. The minimum atomic E-state index is 0.217. The molecule has 0 unspecified atom stereocenters. The number of carbonyl (C=O) groups excluding carboxylic acids is 1. The van der Waals surface area contributed by atoms with Crippen molar-refractivity contribution in [2.45, 2.75) is 45.8 Å². The van der Waals surface area contributed by atoms with Crippen LogP contribution in [0.4, 0.5) is 0 Å². The summed E-state index contributed by atoms with van der Waals surface area (Å²) in [6.45, 7) is 8.37. The molecule has 24 heavy (non-hydrogen) atoms. The van der Waals surface area contributed by atoms with Crippen molar-refractivity contribution in [1.29, 1.82) is 0 Å². The summed E-state index contributed by atoms with van der Waals surface area (Å²) in [5.74, 6) is 2.53. The first kappa shape index (κ1) is 15.6. The van der Waals surface area contributed by atoms with Crippen molar-refractivity contribution in [3.8, 4) is 0 Å². The van der Waals surface area contributed by atoms with Crippen LogP contribution in [0, 0.1) is 11.8 Å². The van der Waals surface area contributed by atoms with Gasteiger partial charge in [0.2, 0.25) is 5.91 Å². The number of carbonyl (C=O) groups is 1. The number of benzene rings is 1. The van der Waals surface area contributed by atoms with Crippen molar-refractivity contribution >= 4 is 16.9 Å². The molecule has 0 radical (unpaired) electrons. The summed E-state index contributed by atoms with van der Waals surface area (Å²) in [7, 11) is 0. The third-order valence-corrected chi connectivity index (χ3v) is 5.34. The van der Waals surface area contributed by atoms with E-state index in [2.05, 4.69) is 52.9 Å². The summed E-state index contributed by atoms with van der Waals surface area (Å²) in [6.07, 6.45) is 1.85. The fraction of sp³-hybridized carbons (Fsp3) is 0.579. The first-order valence-electron chi connectivity index (χ1n) is 9.06. The van der Waals surface area contributed by atoms with Gasteiger partial charge in [-0.15, -0.1) is 0 Å². The summed E-state index contributed by atoms with van der Waals surface area (Å²) in [5.41, 5.74) is 2.32. The van der Waals surface area contributed by atoms with E-state index in [1.54, 1.807) is 0 Å². The van der Waals surface area contributed by atoms with Crippen molar-refractivity contribution in [2.75, 3.05) is 13.1 Å². The fourth-order valence-corrected chi connectivity index (χ4v) is 4.05. The maximum Gasteiger partial charge on any atom is 0.220 e. The summed E-state index contributed by atoms with van der Waals surface area (Å²) in [5, 5.41) is 3.11. The quantitative estimate of drug-likeness (QED) is 0.918. The maximum absolute atomic E-state index is 11.5. The third-order valence-electron chi connectivity index (χ3n) is 5.34. The molecule has 5 heteroatoms. The number of rotatable bonds is 5. The monoisotopic (exact) mass is 326 g/mol. The van der Waals surface area contributed by atoms with Crippen LogP contribution in [0.2, 0.25) is 0 Å².